The van der Waals surface area contributed by atoms with E-state index in [-0.39, 0.29) is 28.1 Å². The van der Waals surface area contributed by atoms with Crippen LogP contribution < -0.4 is 10.1 Å². The first-order valence-electron chi connectivity index (χ1n) is 10.2. The predicted octanol–water partition coefficient (Wildman–Crippen LogP) is 4.37. The molecule has 0 saturated heterocycles. The van der Waals surface area contributed by atoms with Crippen LogP contribution in [0.4, 0.5) is 0 Å². The standard InChI is InChI=1S/C24H29NO4/c1-23(2)9-14-21(17(27)11-23)20(13-6-7-16(26)19(8-13)29-5)22-15(25-14)10-24(3,4)12-18(22)28/h6-8,20,25-26H,9-12H2,1-5H3. The van der Waals surface area contributed by atoms with Crippen LogP contribution in [0.5, 0.6) is 11.5 Å². The van der Waals surface area contributed by atoms with Gasteiger partial charge in [0.25, 0.3) is 0 Å². The number of ether oxygens (including phenoxy) is 1. The molecule has 0 unspecified atom stereocenters. The number of nitrogens with one attached hydrogen (secondary N) is 1. The summed E-state index contributed by atoms with van der Waals surface area (Å²) in [7, 11) is 1.50. The highest BCUT2D eigenvalue weighted by Crippen LogP contribution is 2.51. The van der Waals surface area contributed by atoms with Crippen molar-refractivity contribution < 1.29 is 19.4 Å². The molecule has 0 radical (unpaired) electrons. The van der Waals surface area contributed by atoms with Crippen molar-refractivity contribution in [2.75, 3.05) is 7.11 Å². The van der Waals surface area contributed by atoms with Crippen LogP contribution >= 0.6 is 0 Å². The lowest BCUT2D eigenvalue weighted by atomic mass is 9.64. The first kappa shape index (κ1) is 19.7. The van der Waals surface area contributed by atoms with Crippen LogP contribution in [0.3, 0.4) is 0 Å². The Labute approximate surface area is 171 Å². The van der Waals surface area contributed by atoms with Gasteiger partial charge in [0.1, 0.15) is 0 Å². The molecule has 1 aromatic rings. The molecule has 4 rings (SSSR count). The van der Waals surface area contributed by atoms with Gasteiger partial charge < -0.3 is 15.2 Å². The number of aromatic hydroxyl groups is 1. The monoisotopic (exact) mass is 395 g/mol. The van der Waals surface area contributed by atoms with Crippen LogP contribution in [0.2, 0.25) is 0 Å². The largest absolute Gasteiger partial charge is 0.504 e. The van der Waals surface area contributed by atoms with E-state index in [1.54, 1.807) is 18.2 Å². The number of hydrogen-bond donors (Lipinski definition) is 2. The van der Waals surface area contributed by atoms with Crippen molar-refractivity contribution in [1.29, 1.82) is 0 Å². The van der Waals surface area contributed by atoms with E-state index >= 15 is 0 Å². The van der Waals surface area contributed by atoms with Gasteiger partial charge in [-0.2, -0.15) is 0 Å². The number of carbonyl (C=O) groups is 2. The Hall–Kier alpha value is -2.56. The minimum Gasteiger partial charge on any atom is -0.504 e. The van der Waals surface area contributed by atoms with Gasteiger partial charge in [0.2, 0.25) is 0 Å². The highest BCUT2D eigenvalue weighted by Gasteiger charge is 2.46. The number of rotatable bonds is 2. The van der Waals surface area contributed by atoms with Crippen molar-refractivity contribution in [3.05, 3.63) is 46.3 Å². The summed E-state index contributed by atoms with van der Waals surface area (Å²) in [6.45, 7) is 8.42. The summed E-state index contributed by atoms with van der Waals surface area (Å²) in [5, 5.41) is 13.6. The molecular weight excluding hydrogens is 366 g/mol. The Morgan fingerprint density at radius 2 is 1.45 bits per heavy atom. The van der Waals surface area contributed by atoms with Gasteiger partial charge in [-0.1, -0.05) is 33.8 Å². The zero-order chi connectivity index (χ0) is 21.1. The van der Waals surface area contributed by atoms with E-state index in [9.17, 15) is 14.7 Å². The molecule has 5 nitrogen and oxygen atoms in total. The van der Waals surface area contributed by atoms with Crippen LogP contribution in [-0.2, 0) is 9.59 Å². The lowest BCUT2D eigenvalue weighted by molar-refractivity contribution is -0.119. The van der Waals surface area contributed by atoms with E-state index in [4.69, 9.17) is 4.74 Å². The fourth-order valence-electron chi connectivity index (χ4n) is 5.10. The van der Waals surface area contributed by atoms with E-state index < -0.39 is 5.92 Å². The van der Waals surface area contributed by atoms with Crippen molar-refractivity contribution in [3.63, 3.8) is 0 Å². The normalized spacial score (nSPS) is 23.5. The molecule has 1 heterocycles. The van der Waals surface area contributed by atoms with Gasteiger partial charge in [-0.05, 0) is 41.4 Å². The van der Waals surface area contributed by atoms with Crippen LogP contribution in [-0.4, -0.2) is 23.8 Å². The summed E-state index contributed by atoms with van der Waals surface area (Å²) in [6.07, 6.45) is 2.46. The molecule has 154 valence electrons. The maximum absolute atomic E-state index is 13.2. The molecule has 0 atom stereocenters. The molecule has 0 spiro atoms. The van der Waals surface area contributed by atoms with Crippen molar-refractivity contribution in [2.24, 2.45) is 10.8 Å². The maximum atomic E-state index is 13.2. The number of benzene rings is 1. The van der Waals surface area contributed by atoms with E-state index in [1.807, 2.05) is 0 Å². The second-order valence-corrected chi connectivity index (χ2v) is 10.2. The molecule has 29 heavy (non-hydrogen) atoms. The van der Waals surface area contributed by atoms with Crippen LogP contribution in [0.25, 0.3) is 0 Å². The fraction of sp³-hybridized carbons (Fsp3) is 0.500. The predicted molar refractivity (Wildman–Crippen MR) is 111 cm³/mol. The third-order valence-corrected chi connectivity index (χ3v) is 6.26. The van der Waals surface area contributed by atoms with Crippen LogP contribution in [0.15, 0.2) is 40.7 Å². The number of methoxy groups -OCH3 is 1. The van der Waals surface area contributed by atoms with Crippen LogP contribution in [0, 0.1) is 10.8 Å². The second-order valence-electron chi connectivity index (χ2n) is 10.2. The Balaban J connectivity index is 1.93. The molecule has 2 aliphatic carbocycles. The maximum Gasteiger partial charge on any atom is 0.162 e. The number of phenolic OH excluding ortho intramolecular Hbond substituents is 1. The molecule has 5 heteroatoms. The SMILES string of the molecule is COc1cc(C2C3=C(CC(C)(C)CC3=O)NC3=C2C(=O)CC(C)(C)C3)ccc1O. The molecule has 0 aromatic heterocycles. The van der Waals surface area contributed by atoms with E-state index in [0.29, 0.717) is 29.7 Å². The summed E-state index contributed by atoms with van der Waals surface area (Å²) in [5.74, 6) is 0.149. The van der Waals surface area contributed by atoms with Gasteiger partial charge in [0.15, 0.2) is 23.1 Å². The number of ketones is 2. The minimum absolute atomic E-state index is 0.0424. The van der Waals surface area contributed by atoms with Crippen molar-refractivity contribution in [3.8, 4) is 11.5 Å². The highest BCUT2D eigenvalue weighted by molar-refractivity contribution is 6.06. The van der Waals surface area contributed by atoms with E-state index in [1.165, 1.54) is 7.11 Å². The fourth-order valence-corrected chi connectivity index (χ4v) is 5.10. The van der Waals surface area contributed by atoms with Gasteiger partial charge in [-0.15, -0.1) is 0 Å². The molecule has 0 bridgehead atoms. The number of allylic oxidation sites excluding steroid dienone is 4. The Bertz CT molecular complexity index is 929. The van der Waals surface area contributed by atoms with Crippen molar-refractivity contribution >= 4 is 11.6 Å². The van der Waals surface area contributed by atoms with E-state index in [2.05, 4.69) is 33.0 Å². The Kier molecular flexibility index (Phi) is 4.41. The molecule has 1 aliphatic heterocycles. The van der Waals surface area contributed by atoms with E-state index in [0.717, 1.165) is 29.8 Å². The number of carbonyl (C=O) groups excluding carboxylic acids is 2. The quantitative estimate of drug-likeness (QED) is 0.777. The highest BCUT2D eigenvalue weighted by atomic mass is 16.5. The molecular formula is C24H29NO4. The minimum atomic E-state index is -0.414. The lowest BCUT2D eigenvalue weighted by Crippen LogP contribution is -2.42. The Morgan fingerprint density at radius 1 is 0.931 bits per heavy atom. The molecule has 1 aromatic carbocycles. The van der Waals surface area contributed by atoms with Gasteiger partial charge in [-0.3, -0.25) is 9.59 Å². The zero-order valence-electron chi connectivity index (χ0n) is 17.8. The van der Waals surface area contributed by atoms with Gasteiger partial charge in [0, 0.05) is 41.3 Å². The molecule has 2 N–H and O–H groups in total. The first-order chi connectivity index (χ1) is 13.5. The second kappa shape index (κ2) is 6.48. The molecule has 0 amide bonds. The molecule has 0 saturated carbocycles. The molecule has 0 fully saturated rings. The third-order valence-electron chi connectivity index (χ3n) is 6.26. The summed E-state index contributed by atoms with van der Waals surface area (Å²) >= 11 is 0. The summed E-state index contributed by atoms with van der Waals surface area (Å²) in [6, 6.07) is 5.12. The number of phenols is 1. The van der Waals surface area contributed by atoms with Gasteiger partial charge in [0.05, 0.1) is 7.11 Å². The summed E-state index contributed by atoms with van der Waals surface area (Å²) < 4.78 is 5.30. The number of dihydropyridines is 1. The Morgan fingerprint density at radius 3 is 1.93 bits per heavy atom. The van der Waals surface area contributed by atoms with Crippen molar-refractivity contribution in [1.82, 2.24) is 5.32 Å². The number of hydrogen-bond acceptors (Lipinski definition) is 5. The summed E-state index contributed by atoms with van der Waals surface area (Å²) in [4.78, 5) is 26.5. The third kappa shape index (κ3) is 3.37. The zero-order valence-corrected chi connectivity index (χ0v) is 17.8. The van der Waals surface area contributed by atoms with Crippen LogP contribution in [0.1, 0.15) is 64.9 Å². The lowest BCUT2D eigenvalue weighted by Gasteiger charge is -2.44. The number of Topliss-reactive ketones (excluding diaryl/α,β-unsaturated/α-hetero) is 2. The average molecular weight is 395 g/mol. The molecule has 3 aliphatic rings. The first-order valence-corrected chi connectivity index (χ1v) is 10.2. The summed E-state index contributed by atoms with van der Waals surface area (Å²) in [5.41, 5.74) is 3.84. The van der Waals surface area contributed by atoms with Crippen molar-refractivity contribution in [2.45, 2.75) is 59.3 Å². The average Bonchev–Trinajstić information content (AvgIpc) is 2.58. The van der Waals surface area contributed by atoms with Gasteiger partial charge in [-0.25, -0.2) is 0 Å². The smallest absolute Gasteiger partial charge is 0.162 e. The van der Waals surface area contributed by atoms with Gasteiger partial charge >= 0.3 is 0 Å². The topological polar surface area (TPSA) is 75.6 Å².